The van der Waals surface area contributed by atoms with E-state index in [0.717, 1.165) is 0 Å². The number of sulfonamides is 1. The summed E-state index contributed by atoms with van der Waals surface area (Å²) in [5.41, 5.74) is 0. The van der Waals surface area contributed by atoms with E-state index in [9.17, 15) is 8.42 Å². The second-order valence-electron chi connectivity index (χ2n) is 4.45. The van der Waals surface area contributed by atoms with Crippen LogP contribution in [0.5, 0.6) is 5.75 Å². The minimum absolute atomic E-state index is 0.0408. The highest BCUT2D eigenvalue weighted by molar-refractivity contribution is 7.89. The minimum atomic E-state index is -3.75. The van der Waals surface area contributed by atoms with Gasteiger partial charge in [0.25, 0.3) is 0 Å². The summed E-state index contributed by atoms with van der Waals surface area (Å²) in [4.78, 5) is -0.0408. The molecule has 0 saturated carbocycles. The summed E-state index contributed by atoms with van der Waals surface area (Å²) in [5.74, 6) is 0.875. The third-order valence-electron chi connectivity index (χ3n) is 2.17. The Hall–Kier alpha value is -0.820. The van der Waals surface area contributed by atoms with Gasteiger partial charge in [-0.3, -0.25) is 0 Å². The van der Waals surface area contributed by atoms with Crippen molar-refractivity contribution in [2.75, 3.05) is 19.8 Å². The number of primary sulfonamides is 1. The lowest BCUT2D eigenvalue weighted by molar-refractivity contribution is 0.0819. The third kappa shape index (κ3) is 5.78. The fourth-order valence-electron chi connectivity index (χ4n) is 1.31. The molecule has 0 fully saturated rings. The second kappa shape index (κ2) is 7.09. The monoisotopic (exact) mass is 307 g/mol. The van der Waals surface area contributed by atoms with E-state index in [1.807, 2.05) is 0 Å². The standard InChI is InChI=1S/C12H18ClNO4S/c1-9(2)8-17-5-6-18-12-4-3-10(7-11(12)13)19(14,15)16/h3-4,7,9H,5-6,8H2,1-2H3,(H2,14,15,16). The van der Waals surface area contributed by atoms with Crippen molar-refractivity contribution in [1.82, 2.24) is 0 Å². The van der Waals surface area contributed by atoms with Crippen LogP contribution in [0.3, 0.4) is 0 Å². The Bertz CT molecular complexity index is 516. The van der Waals surface area contributed by atoms with E-state index in [0.29, 0.717) is 31.5 Å². The molecular formula is C12H18ClNO4S. The number of benzene rings is 1. The van der Waals surface area contributed by atoms with Crippen molar-refractivity contribution < 1.29 is 17.9 Å². The highest BCUT2D eigenvalue weighted by Gasteiger charge is 2.11. The van der Waals surface area contributed by atoms with E-state index >= 15 is 0 Å². The van der Waals surface area contributed by atoms with E-state index in [2.05, 4.69) is 13.8 Å². The lowest BCUT2D eigenvalue weighted by Crippen LogP contribution is -2.13. The molecule has 0 aromatic heterocycles. The average molecular weight is 308 g/mol. The highest BCUT2D eigenvalue weighted by atomic mass is 35.5. The molecule has 1 aromatic rings. The molecule has 0 saturated heterocycles. The van der Waals surface area contributed by atoms with Gasteiger partial charge < -0.3 is 9.47 Å². The van der Waals surface area contributed by atoms with Crippen molar-refractivity contribution in [1.29, 1.82) is 0 Å². The van der Waals surface area contributed by atoms with Gasteiger partial charge >= 0.3 is 0 Å². The zero-order chi connectivity index (χ0) is 14.5. The van der Waals surface area contributed by atoms with Crippen molar-refractivity contribution in [2.45, 2.75) is 18.7 Å². The Morgan fingerprint density at radius 2 is 2.00 bits per heavy atom. The average Bonchev–Trinajstić information content (AvgIpc) is 2.28. The maximum Gasteiger partial charge on any atom is 0.238 e. The number of ether oxygens (including phenoxy) is 2. The van der Waals surface area contributed by atoms with Crippen molar-refractivity contribution >= 4 is 21.6 Å². The molecule has 0 aliphatic rings. The van der Waals surface area contributed by atoms with Crippen molar-refractivity contribution in [3.8, 4) is 5.75 Å². The van der Waals surface area contributed by atoms with Crippen LogP contribution in [0.25, 0.3) is 0 Å². The molecule has 2 N–H and O–H groups in total. The van der Waals surface area contributed by atoms with E-state index in [4.69, 9.17) is 26.2 Å². The lowest BCUT2D eigenvalue weighted by atomic mass is 10.2. The van der Waals surface area contributed by atoms with Gasteiger partial charge in [-0.2, -0.15) is 0 Å². The minimum Gasteiger partial charge on any atom is -0.490 e. The molecule has 0 unspecified atom stereocenters. The van der Waals surface area contributed by atoms with Crippen LogP contribution in [-0.2, 0) is 14.8 Å². The Balaban J connectivity index is 2.52. The van der Waals surface area contributed by atoms with Crippen LogP contribution in [-0.4, -0.2) is 28.2 Å². The Morgan fingerprint density at radius 1 is 1.32 bits per heavy atom. The number of hydrogen-bond donors (Lipinski definition) is 1. The predicted octanol–water partition coefficient (Wildman–Crippen LogP) is 2.04. The van der Waals surface area contributed by atoms with Gasteiger partial charge in [-0.05, 0) is 24.1 Å². The smallest absolute Gasteiger partial charge is 0.238 e. The van der Waals surface area contributed by atoms with Gasteiger partial charge in [0, 0.05) is 6.61 Å². The van der Waals surface area contributed by atoms with Gasteiger partial charge in [0.1, 0.15) is 12.4 Å². The SMILES string of the molecule is CC(C)COCCOc1ccc(S(N)(=O)=O)cc1Cl. The van der Waals surface area contributed by atoms with Gasteiger partial charge in [0.05, 0.1) is 16.5 Å². The molecule has 0 spiro atoms. The van der Waals surface area contributed by atoms with Gasteiger partial charge in [0.2, 0.25) is 10.0 Å². The molecule has 0 aliphatic carbocycles. The van der Waals surface area contributed by atoms with Crippen LogP contribution < -0.4 is 9.88 Å². The fourth-order valence-corrected chi connectivity index (χ4v) is 2.14. The van der Waals surface area contributed by atoms with Crippen molar-refractivity contribution in [3.05, 3.63) is 23.2 Å². The normalized spacial score (nSPS) is 11.8. The number of nitrogens with two attached hydrogens (primary N) is 1. The van der Waals surface area contributed by atoms with E-state index in [1.165, 1.54) is 18.2 Å². The first kappa shape index (κ1) is 16.2. The molecule has 1 rings (SSSR count). The first-order chi connectivity index (χ1) is 8.80. The Labute approximate surface area is 118 Å². The van der Waals surface area contributed by atoms with Gasteiger partial charge in [-0.25, -0.2) is 13.6 Å². The Morgan fingerprint density at radius 3 is 2.53 bits per heavy atom. The highest BCUT2D eigenvalue weighted by Crippen LogP contribution is 2.26. The lowest BCUT2D eigenvalue weighted by Gasteiger charge is -2.10. The van der Waals surface area contributed by atoms with Crippen molar-refractivity contribution in [3.63, 3.8) is 0 Å². The van der Waals surface area contributed by atoms with E-state index in [-0.39, 0.29) is 9.92 Å². The second-order valence-corrected chi connectivity index (χ2v) is 6.42. The zero-order valence-electron chi connectivity index (χ0n) is 10.9. The van der Waals surface area contributed by atoms with Crippen LogP contribution in [0.1, 0.15) is 13.8 Å². The van der Waals surface area contributed by atoms with E-state index < -0.39 is 10.0 Å². The van der Waals surface area contributed by atoms with E-state index in [1.54, 1.807) is 0 Å². The summed E-state index contributed by atoms with van der Waals surface area (Å²) < 4.78 is 33.0. The first-order valence-electron chi connectivity index (χ1n) is 5.83. The third-order valence-corrected chi connectivity index (χ3v) is 3.37. The van der Waals surface area contributed by atoms with Crippen LogP contribution >= 0.6 is 11.6 Å². The van der Waals surface area contributed by atoms with Gasteiger partial charge in [-0.1, -0.05) is 25.4 Å². The first-order valence-corrected chi connectivity index (χ1v) is 7.76. The van der Waals surface area contributed by atoms with Crippen LogP contribution in [0.15, 0.2) is 23.1 Å². The van der Waals surface area contributed by atoms with Crippen LogP contribution in [0.2, 0.25) is 5.02 Å². The van der Waals surface area contributed by atoms with Gasteiger partial charge in [0.15, 0.2) is 0 Å². The summed E-state index contributed by atoms with van der Waals surface area (Å²) in [6.07, 6.45) is 0. The molecule has 5 nitrogen and oxygen atoms in total. The summed E-state index contributed by atoms with van der Waals surface area (Å²) in [6, 6.07) is 4.09. The summed E-state index contributed by atoms with van der Waals surface area (Å²) in [6.45, 7) is 5.58. The summed E-state index contributed by atoms with van der Waals surface area (Å²) in [7, 11) is -3.75. The number of hydrogen-bond acceptors (Lipinski definition) is 4. The quantitative estimate of drug-likeness (QED) is 0.782. The molecule has 0 heterocycles. The molecule has 1 aromatic carbocycles. The van der Waals surface area contributed by atoms with Crippen LogP contribution in [0.4, 0.5) is 0 Å². The predicted molar refractivity (Wildman–Crippen MR) is 74.0 cm³/mol. The molecule has 0 aliphatic heterocycles. The number of halogens is 1. The van der Waals surface area contributed by atoms with Crippen molar-refractivity contribution in [2.24, 2.45) is 11.1 Å². The number of rotatable bonds is 7. The Kier molecular flexibility index (Phi) is 6.06. The topological polar surface area (TPSA) is 78.6 Å². The molecular weight excluding hydrogens is 290 g/mol. The molecule has 0 radical (unpaired) electrons. The maximum absolute atomic E-state index is 11.1. The molecule has 0 bridgehead atoms. The van der Waals surface area contributed by atoms with Crippen LogP contribution in [0, 0.1) is 5.92 Å². The fraction of sp³-hybridized carbons (Fsp3) is 0.500. The van der Waals surface area contributed by atoms with Gasteiger partial charge in [-0.15, -0.1) is 0 Å². The summed E-state index contributed by atoms with van der Waals surface area (Å²) >= 11 is 5.91. The largest absolute Gasteiger partial charge is 0.490 e. The molecule has 0 atom stereocenters. The molecule has 7 heteroatoms. The molecule has 19 heavy (non-hydrogen) atoms. The summed E-state index contributed by atoms with van der Waals surface area (Å²) in [5, 5.41) is 5.20. The molecule has 108 valence electrons. The molecule has 0 amide bonds. The zero-order valence-corrected chi connectivity index (χ0v) is 12.5. The maximum atomic E-state index is 11.1.